The van der Waals surface area contributed by atoms with Crippen LogP contribution in [0.15, 0.2) is 18.2 Å². The lowest BCUT2D eigenvalue weighted by molar-refractivity contribution is -0.124. The van der Waals surface area contributed by atoms with Gasteiger partial charge in [-0.1, -0.05) is 23.2 Å². The van der Waals surface area contributed by atoms with Crippen LogP contribution in [0.5, 0.6) is 0 Å². The third-order valence-electron chi connectivity index (χ3n) is 2.43. The van der Waals surface area contributed by atoms with Gasteiger partial charge in [0.1, 0.15) is 0 Å². The van der Waals surface area contributed by atoms with Crippen LogP contribution in [0.1, 0.15) is 23.2 Å². The first-order valence-corrected chi connectivity index (χ1v) is 6.23. The van der Waals surface area contributed by atoms with Crippen LogP contribution in [-0.4, -0.2) is 24.5 Å². The molecule has 0 unspecified atom stereocenters. The van der Waals surface area contributed by atoms with Crippen molar-refractivity contribution < 1.29 is 14.3 Å². The van der Waals surface area contributed by atoms with Crippen molar-refractivity contribution in [2.45, 2.75) is 18.9 Å². The SMILES string of the molecule is O=C(COC(=O)c1ccc(Cl)cc1Cl)NC1CC1. The number of esters is 1. The summed E-state index contributed by atoms with van der Waals surface area (Å²) in [4.78, 5) is 23.0. The zero-order valence-corrected chi connectivity index (χ0v) is 10.9. The smallest absolute Gasteiger partial charge is 0.340 e. The van der Waals surface area contributed by atoms with Gasteiger partial charge in [-0.05, 0) is 31.0 Å². The normalized spacial score (nSPS) is 14.1. The fraction of sp³-hybridized carbons (Fsp3) is 0.333. The topological polar surface area (TPSA) is 55.4 Å². The van der Waals surface area contributed by atoms with Crippen molar-refractivity contribution in [2.24, 2.45) is 0 Å². The molecule has 0 aromatic heterocycles. The minimum Gasteiger partial charge on any atom is -0.452 e. The average Bonchev–Trinajstić information content (AvgIpc) is 3.10. The van der Waals surface area contributed by atoms with E-state index in [0.717, 1.165) is 12.8 Å². The van der Waals surface area contributed by atoms with E-state index in [1.807, 2.05) is 0 Å². The number of rotatable bonds is 4. The molecule has 1 fully saturated rings. The molecule has 0 atom stereocenters. The lowest BCUT2D eigenvalue weighted by atomic mass is 10.2. The molecule has 1 aromatic carbocycles. The molecule has 1 aliphatic rings. The Kier molecular flexibility index (Phi) is 4.09. The molecule has 2 rings (SSSR count). The molecule has 18 heavy (non-hydrogen) atoms. The first-order chi connectivity index (χ1) is 8.56. The van der Waals surface area contributed by atoms with Crippen molar-refractivity contribution in [1.29, 1.82) is 0 Å². The molecular weight excluding hydrogens is 277 g/mol. The molecule has 1 amide bonds. The van der Waals surface area contributed by atoms with Gasteiger partial charge >= 0.3 is 5.97 Å². The highest BCUT2D eigenvalue weighted by Gasteiger charge is 2.23. The molecule has 0 spiro atoms. The van der Waals surface area contributed by atoms with Crippen molar-refractivity contribution in [2.75, 3.05) is 6.61 Å². The third-order valence-corrected chi connectivity index (χ3v) is 2.98. The number of nitrogens with one attached hydrogen (secondary N) is 1. The predicted molar refractivity (Wildman–Crippen MR) is 67.9 cm³/mol. The van der Waals surface area contributed by atoms with Crippen LogP contribution < -0.4 is 5.32 Å². The van der Waals surface area contributed by atoms with Gasteiger partial charge in [0.15, 0.2) is 6.61 Å². The summed E-state index contributed by atoms with van der Waals surface area (Å²) in [5.41, 5.74) is 0.195. The van der Waals surface area contributed by atoms with E-state index in [4.69, 9.17) is 27.9 Å². The number of hydrogen-bond donors (Lipinski definition) is 1. The highest BCUT2D eigenvalue weighted by atomic mass is 35.5. The van der Waals surface area contributed by atoms with Gasteiger partial charge in [0, 0.05) is 11.1 Å². The fourth-order valence-corrected chi connectivity index (χ4v) is 1.85. The zero-order chi connectivity index (χ0) is 13.1. The van der Waals surface area contributed by atoms with E-state index in [0.29, 0.717) is 5.02 Å². The first-order valence-electron chi connectivity index (χ1n) is 5.48. The van der Waals surface area contributed by atoms with Crippen LogP contribution in [0.4, 0.5) is 0 Å². The number of carbonyl (C=O) groups excluding carboxylic acids is 2. The van der Waals surface area contributed by atoms with Crippen LogP contribution in [0, 0.1) is 0 Å². The van der Waals surface area contributed by atoms with E-state index in [1.54, 1.807) is 0 Å². The van der Waals surface area contributed by atoms with E-state index < -0.39 is 5.97 Å². The lowest BCUT2D eigenvalue weighted by Gasteiger charge is -2.06. The molecule has 1 N–H and O–H groups in total. The highest BCUT2D eigenvalue weighted by Crippen LogP contribution is 2.21. The van der Waals surface area contributed by atoms with E-state index in [9.17, 15) is 9.59 Å². The van der Waals surface area contributed by atoms with Crippen LogP contribution in [0.25, 0.3) is 0 Å². The Hall–Kier alpha value is -1.26. The van der Waals surface area contributed by atoms with Gasteiger partial charge in [-0.25, -0.2) is 4.79 Å². The molecule has 0 radical (unpaired) electrons. The second kappa shape index (κ2) is 5.59. The molecule has 1 aliphatic carbocycles. The van der Waals surface area contributed by atoms with Gasteiger partial charge in [0.05, 0.1) is 10.6 Å². The van der Waals surface area contributed by atoms with Crippen molar-refractivity contribution in [3.05, 3.63) is 33.8 Å². The summed E-state index contributed by atoms with van der Waals surface area (Å²) < 4.78 is 4.86. The van der Waals surface area contributed by atoms with E-state index in [-0.39, 0.29) is 29.1 Å². The molecule has 1 aromatic rings. The number of halogens is 2. The van der Waals surface area contributed by atoms with Gasteiger partial charge in [-0.2, -0.15) is 0 Å². The molecule has 0 aliphatic heterocycles. The quantitative estimate of drug-likeness (QED) is 0.866. The predicted octanol–water partition coefficient (Wildman–Crippen LogP) is 2.43. The Balaban J connectivity index is 1.88. The molecule has 0 heterocycles. The second-order valence-corrected chi connectivity index (χ2v) is 4.89. The number of ether oxygens (including phenoxy) is 1. The van der Waals surface area contributed by atoms with Gasteiger partial charge < -0.3 is 10.1 Å². The molecule has 4 nitrogen and oxygen atoms in total. The van der Waals surface area contributed by atoms with Crippen LogP contribution in [-0.2, 0) is 9.53 Å². The van der Waals surface area contributed by atoms with E-state index in [1.165, 1.54) is 18.2 Å². The molecule has 0 bridgehead atoms. The highest BCUT2D eigenvalue weighted by molar-refractivity contribution is 6.36. The standard InChI is InChI=1S/C12H11Cl2NO3/c13-7-1-4-9(10(14)5-7)12(17)18-6-11(16)15-8-2-3-8/h1,4-5,8H,2-3,6H2,(H,15,16). The second-order valence-electron chi connectivity index (χ2n) is 4.04. The summed E-state index contributed by atoms with van der Waals surface area (Å²) in [6.07, 6.45) is 1.98. The van der Waals surface area contributed by atoms with Gasteiger partial charge in [-0.3, -0.25) is 4.79 Å². The Bertz CT molecular complexity index is 486. The van der Waals surface area contributed by atoms with Crippen molar-refractivity contribution in [1.82, 2.24) is 5.32 Å². The summed E-state index contributed by atoms with van der Waals surface area (Å²) in [5, 5.41) is 3.35. The largest absolute Gasteiger partial charge is 0.452 e. The Labute approximate surface area is 114 Å². The molecule has 0 saturated heterocycles. The Morgan fingerprint density at radius 1 is 1.33 bits per heavy atom. The first kappa shape index (κ1) is 13.2. The number of carbonyl (C=O) groups is 2. The number of amides is 1. The number of hydrogen-bond acceptors (Lipinski definition) is 3. The summed E-state index contributed by atoms with van der Waals surface area (Å²) in [6.45, 7) is -0.297. The maximum Gasteiger partial charge on any atom is 0.340 e. The minimum absolute atomic E-state index is 0.195. The number of benzene rings is 1. The van der Waals surface area contributed by atoms with Gasteiger partial charge in [0.2, 0.25) is 0 Å². The maximum atomic E-state index is 11.7. The third kappa shape index (κ3) is 3.62. The summed E-state index contributed by atoms with van der Waals surface area (Å²) in [5.74, 6) is -0.932. The van der Waals surface area contributed by atoms with E-state index in [2.05, 4.69) is 5.32 Å². The molecule has 1 saturated carbocycles. The van der Waals surface area contributed by atoms with Crippen LogP contribution >= 0.6 is 23.2 Å². The van der Waals surface area contributed by atoms with Crippen molar-refractivity contribution in [3.8, 4) is 0 Å². The lowest BCUT2D eigenvalue weighted by Crippen LogP contribution is -2.30. The Morgan fingerprint density at radius 2 is 2.06 bits per heavy atom. The minimum atomic E-state index is -0.636. The van der Waals surface area contributed by atoms with Crippen LogP contribution in [0.3, 0.4) is 0 Å². The zero-order valence-electron chi connectivity index (χ0n) is 9.41. The van der Waals surface area contributed by atoms with Crippen molar-refractivity contribution in [3.63, 3.8) is 0 Å². The van der Waals surface area contributed by atoms with Crippen LogP contribution in [0.2, 0.25) is 10.0 Å². The summed E-state index contributed by atoms with van der Waals surface area (Å²) >= 11 is 11.6. The van der Waals surface area contributed by atoms with Gasteiger partial charge in [-0.15, -0.1) is 0 Å². The summed E-state index contributed by atoms with van der Waals surface area (Å²) in [7, 11) is 0. The summed E-state index contributed by atoms with van der Waals surface area (Å²) in [6, 6.07) is 4.69. The average molecular weight is 288 g/mol. The van der Waals surface area contributed by atoms with Gasteiger partial charge in [0.25, 0.3) is 5.91 Å². The fourth-order valence-electron chi connectivity index (χ4n) is 1.36. The van der Waals surface area contributed by atoms with Crippen molar-refractivity contribution >= 4 is 35.1 Å². The monoisotopic (exact) mass is 287 g/mol. The molecule has 96 valence electrons. The Morgan fingerprint density at radius 3 is 2.67 bits per heavy atom. The maximum absolute atomic E-state index is 11.7. The molecule has 6 heteroatoms. The van der Waals surface area contributed by atoms with E-state index >= 15 is 0 Å². The molecular formula is C12H11Cl2NO3.